The Morgan fingerprint density at radius 1 is 1.26 bits per heavy atom. The van der Waals surface area contributed by atoms with E-state index in [2.05, 4.69) is 55.4 Å². The summed E-state index contributed by atoms with van der Waals surface area (Å²) in [4.78, 5) is 2.38. The highest BCUT2D eigenvalue weighted by Crippen LogP contribution is 2.06. The molecular formula is C16H28N2O. The summed E-state index contributed by atoms with van der Waals surface area (Å²) in [5, 5.41) is 3.50. The number of hydrogen-bond donors (Lipinski definition) is 1. The van der Waals surface area contributed by atoms with Crippen LogP contribution in [0.1, 0.15) is 31.4 Å². The SMILES string of the molecule is COCc1cccc(CNCCCN(C)C(C)C)c1. The van der Waals surface area contributed by atoms with Gasteiger partial charge in [0, 0.05) is 19.7 Å². The Balaban J connectivity index is 2.20. The maximum atomic E-state index is 5.15. The molecule has 0 spiro atoms. The van der Waals surface area contributed by atoms with Crippen molar-refractivity contribution in [1.29, 1.82) is 0 Å². The summed E-state index contributed by atoms with van der Waals surface area (Å²) in [5.74, 6) is 0. The number of benzene rings is 1. The van der Waals surface area contributed by atoms with Gasteiger partial charge in [-0.1, -0.05) is 24.3 Å². The zero-order chi connectivity index (χ0) is 14.1. The summed E-state index contributed by atoms with van der Waals surface area (Å²) in [5.41, 5.74) is 2.56. The third-order valence-corrected chi connectivity index (χ3v) is 3.38. The predicted molar refractivity (Wildman–Crippen MR) is 81.2 cm³/mol. The second-order valence-electron chi connectivity index (χ2n) is 5.36. The van der Waals surface area contributed by atoms with Crippen LogP contribution in [-0.4, -0.2) is 38.2 Å². The molecule has 0 radical (unpaired) electrons. The highest BCUT2D eigenvalue weighted by Gasteiger charge is 2.01. The molecule has 0 fully saturated rings. The van der Waals surface area contributed by atoms with Crippen molar-refractivity contribution in [1.82, 2.24) is 10.2 Å². The van der Waals surface area contributed by atoms with Crippen LogP contribution in [0.2, 0.25) is 0 Å². The maximum Gasteiger partial charge on any atom is 0.0713 e. The van der Waals surface area contributed by atoms with Crippen molar-refractivity contribution in [3.8, 4) is 0 Å². The summed E-state index contributed by atoms with van der Waals surface area (Å²) in [6.45, 7) is 8.29. The Kier molecular flexibility index (Phi) is 7.72. The van der Waals surface area contributed by atoms with E-state index in [0.29, 0.717) is 12.6 Å². The lowest BCUT2D eigenvalue weighted by molar-refractivity contribution is 0.185. The molecule has 3 heteroatoms. The first-order valence-corrected chi connectivity index (χ1v) is 7.11. The van der Waals surface area contributed by atoms with E-state index in [1.165, 1.54) is 17.5 Å². The van der Waals surface area contributed by atoms with Gasteiger partial charge in [-0.15, -0.1) is 0 Å². The lowest BCUT2D eigenvalue weighted by atomic mass is 10.1. The van der Waals surface area contributed by atoms with Crippen LogP contribution in [0.5, 0.6) is 0 Å². The number of hydrogen-bond acceptors (Lipinski definition) is 3. The molecule has 0 saturated carbocycles. The lowest BCUT2D eigenvalue weighted by Gasteiger charge is -2.20. The molecule has 0 atom stereocenters. The number of ether oxygens (including phenoxy) is 1. The van der Waals surface area contributed by atoms with Crippen LogP contribution in [0, 0.1) is 0 Å². The third-order valence-electron chi connectivity index (χ3n) is 3.38. The topological polar surface area (TPSA) is 24.5 Å². The summed E-state index contributed by atoms with van der Waals surface area (Å²) < 4.78 is 5.15. The average molecular weight is 264 g/mol. The molecule has 0 unspecified atom stereocenters. The van der Waals surface area contributed by atoms with Gasteiger partial charge in [0.2, 0.25) is 0 Å². The fourth-order valence-electron chi connectivity index (χ4n) is 1.94. The monoisotopic (exact) mass is 264 g/mol. The third kappa shape index (κ3) is 6.71. The van der Waals surface area contributed by atoms with E-state index >= 15 is 0 Å². The minimum atomic E-state index is 0.630. The minimum absolute atomic E-state index is 0.630. The van der Waals surface area contributed by atoms with Crippen LogP contribution >= 0.6 is 0 Å². The number of rotatable bonds is 9. The lowest BCUT2D eigenvalue weighted by Crippen LogP contribution is -2.29. The first-order chi connectivity index (χ1) is 9.13. The van der Waals surface area contributed by atoms with Crippen molar-refractivity contribution in [3.63, 3.8) is 0 Å². The fourth-order valence-corrected chi connectivity index (χ4v) is 1.94. The molecule has 0 amide bonds. The molecular weight excluding hydrogens is 236 g/mol. The molecule has 0 aliphatic rings. The summed E-state index contributed by atoms with van der Waals surface area (Å²) in [7, 11) is 3.91. The quantitative estimate of drug-likeness (QED) is 0.694. The molecule has 0 heterocycles. The van der Waals surface area contributed by atoms with Crippen molar-refractivity contribution in [2.24, 2.45) is 0 Å². The van der Waals surface area contributed by atoms with E-state index in [9.17, 15) is 0 Å². The number of methoxy groups -OCH3 is 1. The highest BCUT2D eigenvalue weighted by molar-refractivity contribution is 5.22. The van der Waals surface area contributed by atoms with Crippen LogP contribution in [0.15, 0.2) is 24.3 Å². The van der Waals surface area contributed by atoms with Crippen LogP contribution in [0.4, 0.5) is 0 Å². The highest BCUT2D eigenvalue weighted by atomic mass is 16.5. The van der Waals surface area contributed by atoms with Crippen LogP contribution in [0.25, 0.3) is 0 Å². The molecule has 19 heavy (non-hydrogen) atoms. The Labute approximate surface area is 118 Å². The largest absolute Gasteiger partial charge is 0.380 e. The van der Waals surface area contributed by atoms with E-state index in [-0.39, 0.29) is 0 Å². The number of nitrogens with one attached hydrogen (secondary N) is 1. The fraction of sp³-hybridized carbons (Fsp3) is 0.625. The summed E-state index contributed by atoms with van der Waals surface area (Å²) in [6, 6.07) is 9.19. The van der Waals surface area contributed by atoms with Gasteiger partial charge in [-0.05, 0) is 51.5 Å². The summed E-state index contributed by atoms with van der Waals surface area (Å²) >= 11 is 0. The second-order valence-corrected chi connectivity index (χ2v) is 5.36. The van der Waals surface area contributed by atoms with Gasteiger partial charge in [0.25, 0.3) is 0 Å². The van der Waals surface area contributed by atoms with Gasteiger partial charge in [0.15, 0.2) is 0 Å². The molecule has 0 bridgehead atoms. The first kappa shape index (κ1) is 16.2. The van der Waals surface area contributed by atoms with Crippen molar-refractivity contribution in [2.45, 2.75) is 39.5 Å². The molecule has 0 aliphatic carbocycles. The van der Waals surface area contributed by atoms with Gasteiger partial charge < -0.3 is 15.0 Å². The molecule has 0 saturated heterocycles. The molecule has 1 aromatic rings. The first-order valence-electron chi connectivity index (χ1n) is 7.11. The maximum absolute atomic E-state index is 5.15. The molecule has 108 valence electrons. The molecule has 3 nitrogen and oxygen atoms in total. The van der Waals surface area contributed by atoms with Crippen LogP contribution in [0.3, 0.4) is 0 Å². The zero-order valence-corrected chi connectivity index (χ0v) is 12.8. The zero-order valence-electron chi connectivity index (χ0n) is 12.8. The smallest absolute Gasteiger partial charge is 0.0713 e. The van der Waals surface area contributed by atoms with Crippen molar-refractivity contribution in [2.75, 3.05) is 27.2 Å². The van der Waals surface area contributed by atoms with Gasteiger partial charge in [-0.25, -0.2) is 0 Å². The van der Waals surface area contributed by atoms with E-state index in [0.717, 1.165) is 19.6 Å². The van der Waals surface area contributed by atoms with Gasteiger partial charge in [0.05, 0.1) is 6.61 Å². The second kappa shape index (κ2) is 9.08. The van der Waals surface area contributed by atoms with E-state index in [1.54, 1.807) is 7.11 Å². The van der Waals surface area contributed by atoms with E-state index < -0.39 is 0 Å². The summed E-state index contributed by atoms with van der Waals surface area (Å²) in [6.07, 6.45) is 1.19. The van der Waals surface area contributed by atoms with Crippen molar-refractivity contribution >= 4 is 0 Å². The van der Waals surface area contributed by atoms with E-state index in [1.807, 2.05) is 0 Å². The average Bonchev–Trinajstić information content (AvgIpc) is 2.39. The molecule has 1 aromatic carbocycles. The Morgan fingerprint density at radius 2 is 2.00 bits per heavy atom. The van der Waals surface area contributed by atoms with Gasteiger partial charge >= 0.3 is 0 Å². The minimum Gasteiger partial charge on any atom is -0.380 e. The predicted octanol–water partition coefficient (Wildman–Crippen LogP) is 2.65. The van der Waals surface area contributed by atoms with E-state index in [4.69, 9.17) is 4.74 Å². The Hall–Kier alpha value is -0.900. The van der Waals surface area contributed by atoms with Gasteiger partial charge in [0.1, 0.15) is 0 Å². The van der Waals surface area contributed by atoms with Crippen LogP contribution < -0.4 is 5.32 Å². The standard InChI is InChI=1S/C16H28N2O/c1-14(2)18(3)10-6-9-17-12-15-7-5-8-16(11-15)13-19-4/h5,7-8,11,14,17H,6,9-10,12-13H2,1-4H3. The van der Waals surface area contributed by atoms with Crippen LogP contribution in [-0.2, 0) is 17.9 Å². The normalized spacial score (nSPS) is 11.5. The van der Waals surface area contributed by atoms with Gasteiger partial charge in [-0.3, -0.25) is 0 Å². The van der Waals surface area contributed by atoms with Gasteiger partial charge in [-0.2, -0.15) is 0 Å². The Bertz CT molecular complexity index is 352. The molecule has 0 aliphatic heterocycles. The van der Waals surface area contributed by atoms with Crippen molar-refractivity contribution < 1.29 is 4.74 Å². The van der Waals surface area contributed by atoms with Crippen molar-refractivity contribution in [3.05, 3.63) is 35.4 Å². The molecule has 1 rings (SSSR count). The Morgan fingerprint density at radius 3 is 2.68 bits per heavy atom. The molecule has 0 aromatic heterocycles. The molecule has 1 N–H and O–H groups in total. The number of nitrogens with zero attached hydrogens (tertiary/aromatic N) is 1.